The summed E-state index contributed by atoms with van der Waals surface area (Å²) in [5.41, 5.74) is 2.53. The van der Waals surface area contributed by atoms with Crippen LogP contribution in [0.2, 0.25) is 0 Å². The first-order valence-corrected chi connectivity index (χ1v) is 8.39. The number of carbonyl (C=O) groups is 1. The lowest BCUT2D eigenvalue weighted by Gasteiger charge is -2.34. The number of nitrogens with one attached hydrogen (secondary N) is 1. The number of amides is 1. The van der Waals surface area contributed by atoms with Gasteiger partial charge in [0.05, 0.1) is 19.1 Å². The first-order valence-electron chi connectivity index (χ1n) is 8.39. The van der Waals surface area contributed by atoms with Gasteiger partial charge in [0.1, 0.15) is 0 Å². The molecule has 0 aliphatic carbocycles. The molecule has 0 bridgehead atoms. The zero-order chi connectivity index (χ0) is 15.4. The normalized spacial score (nSPS) is 24.9. The van der Waals surface area contributed by atoms with Crippen molar-refractivity contribution in [2.24, 2.45) is 5.92 Å². The fourth-order valence-corrected chi connectivity index (χ4v) is 3.68. The van der Waals surface area contributed by atoms with Crippen LogP contribution in [0.4, 0.5) is 0 Å². The van der Waals surface area contributed by atoms with Gasteiger partial charge in [0.25, 0.3) is 0 Å². The van der Waals surface area contributed by atoms with E-state index in [0.29, 0.717) is 12.3 Å². The Bertz CT molecular complexity index is 516. The van der Waals surface area contributed by atoms with Gasteiger partial charge in [-0.25, -0.2) is 0 Å². The van der Waals surface area contributed by atoms with Gasteiger partial charge in [-0.15, -0.1) is 0 Å². The molecule has 2 atom stereocenters. The van der Waals surface area contributed by atoms with E-state index in [1.807, 2.05) is 18.0 Å². The number of fused-ring (bicyclic) bond motifs is 1. The lowest BCUT2D eigenvalue weighted by molar-refractivity contribution is -0.136. The standard InChI is InChI=1S/C18H26N2O2/c1-19-12-14-5-4-9-20(13-14)18(21)11-17-16-7-3-2-6-15(16)8-10-22-17/h2-3,6-7,14,17,19H,4-5,8-13H2,1H3/t14-,17-/m0/s1. The summed E-state index contributed by atoms with van der Waals surface area (Å²) < 4.78 is 5.88. The third-order valence-corrected chi connectivity index (χ3v) is 4.82. The molecular weight excluding hydrogens is 276 g/mol. The van der Waals surface area contributed by atoms with E-state index >= 15 is 0 Å². The zero-order valence-corrected chi connectivity index (χ0v) is 13.4. The minimum atomic E-state index is -0.0675. The van der Waals surface area contributed by atoms with Crippen LogP contribution in [0, 0.1) is 5.92 Å². The molecule has 3 rings (SSSR count). The summed E-state index contributed by atoms with van der Waals surface area (Å²) in [5, 5.41) is 3.23. The molecule has 1 N–H and O–H groups in total. The summed E-state index contributed by atoms with van der Waals surface area (Å²) in [5.74, 6) is 0.824. The predicted molar refractivity (Wildman–Crippen MR) is 86.7 cm³/mol. The molecule has 0 saturated carbocycles. The van der Waals surface area contributed by atoms with E-state index in [-0.39, 0.29) is 12.0 Å². The molecule has 2 heterocycles. The van der Waals surface area contributed by atoms with E-state index < -0.39 is 0 Å². The van der Waals surface area contributed by atoms with Crippen LogP contribution in [0.15, 0.2) is 24.3 Å². The maximum absolute atomic E-state index is 12.7. The van der Waals surface area contributed by atoms with Crippen LogP contribution in [-0.4, -0.2) is 44.1 Å². The largest absolute Gasteiger partial charge is 0.373 e. The van der Waals surface area contributed by atoms with Gasteiger partial charge in [-0.05, 0) is 49.9 Å². The number of carbonyl (C=O) groups excluding carboxylic acids is 1. The molecule has 1 aromatic carbocycles. The molecule has 1 fully saturated rings. The molecule has 0 radical (unpaired) electrons. The molecule has 2 aliphatic rings. The number of nitrogens with zero attached hydrogens (tertiary/aromatic N) is 1. The first kappa shape index (κ1) is 15.5. The molecule has 4 nitrogen and oxygen atoms in total. The van der Waals surface area contributed by atoms with Crippen molar-refractivity contribution < 1.29 is 9.53 Å². The van der Waals surface area contributed by atoms with Gasteiger partial charge in [0, 0.05) is 13.1 Å². The number of benzene rings is 1. The van der Waals surface area contributed by atoms with Crippen LogP contribution in [0.1, 0.15) is 36.5 Å². The molecule has 1 saturated heterocycles. The minimum absolute atomic E-state index is 0.0675. The Hall–Kier alpha value is -1.39. The maximum atomic E-state index is 12.7. The summed E-state index contributed by atoms with van der Waals surface area (Å²) >= 11 is 0. The van der Waals surface area contributed by atoms with Crippen LogP contribution >= 0.6 is 0 Å². The number of hydrogen-bond donors (Lipinski definition) is 1. The van der Waals surface area contributed by atoms with Crippen molar-refractivity contribution in [3.8, 4) is 0 Å². The highest BCUT2D eigenvalue weighted by Crippen LogP contribution is 2.30. The summed E-state index contributed by atoms with van der Waals surface area (Å²) in [4.78, 5) is 14.7. The van der Waals surface area contributed by atoms with Crippen LogP contribution in [0.3, 0.4) is 0 Å². The lowest BCUT2D eigenvalue weighted by Crippen LogP contribution is -2.43. The summed E-state index contributed by atoms with van der Waals surface area (Å²) in [6, 6.07) is 8.36. The van der Waals surface area contributed by atoms with E-state index in [0.717, 1.165) is 39.1 Å². The second kappa shape index (κ2) is 7.25. The van der Waals surface area contributed by atoms with E-state index in [2.05, 4.69) is 23.5 Å². The average Bonchev–Trinajstić information content (AvgIpc) is 2.56. The highest BCUT2D eigenvalue weighted by molar-refractivity contribution is 5.77. The molecule has 4 heteroatoms. The fourth-order valence-electron chi connectivity index (χ4n) is 3.68. The number of piperidine rings is 1. The molecular formula is C18H26N2O2. The number of likely N-dealkylation sites (tertiary alicyclic amines) is 1. The van der Waals surface area contributed by atoms with Crippen molar-refractivity contribution in [2.75, 3.05) is 33.3 Å². The Morgan fingerprint density at radius 2 is 2.27 bits per heavy atom. The van der Waals surface area contributed by atoms with Crippen molar-refractivity contribution >= 4 is 5.91 Å². The van der Waals surface area contributed by atoms with Crippen LogP contribution in [0.5, 0.6) is 0 Å². The van der Waals surface area contributed by atoms with Crippen molar-refractivity contribution in [3.63, 3.8) is 0 Å². The SMILES string of the molecule is CNC[C@@H]1CCCN(C(=O)C[C@@H]2OCCc3ccccc32)C1. The lowest BCUT2D eigenvalue weighted by atomic mass is 9.94. The van der Waals surface area contributed by atoms with Gasteiger partial charge < -0.3 is 15.0 Å². The molecule has 0 spiro atoms. The smallest absolute Gasteiger partial charge is 0.225 e. The van der Waals surface area contributed by atoms with E-state index in [4.69, 9.17) is 4.74 Å². The highest BCUT2D eigenvalue weighted by atomic mass is 16.5. The molecule has 0 aromatic heterocycles. The topological polar surface area (TPSA) is 41.6 Å². The average molecular weight is 302 g/mol. The quantitative estimate of drug-likeness (QED) is 0.926. The van der Waals surface area contributed by atoms with Crippen molar-refractivity contribution in [2.45, 2.75) is 31.8 Å². The fraction of sp³-hybridized carbons (Fsp3) is 0.611. The third-order valence-electron chi connectivity index (χ3n) is 4.82. The Balaban J connectivity index is 1.62. The maximum Gasteiger partial charge on any atom is 0.225 e. The highest BCUT2D eigenvalue weighted by Gasteiger charge is 2.28. The van der Waals surface area contributed by atoms with E-state index in [9.17, 15) is 4.79 Å². The van der Waals surface area contributed by atoms with Crippen molar-refractivity contribution in [1.29, 1.82) is 0 Å². The Morgan fingerprint density at radius 1 is 1.41 bits per heavy atom. The minimum Gasteiger partial charge on any atom is -0.373 e. The van der Waals surface area contributed by atoms with E-state index in [1.54, 1.807) is 0 Å². The predicted octanol–water partition coefficient (Wildman–Crippen LogP) is 2.15. The monoisotopic (exact) mass is 302 g/mol. The van der Waals surface area contributed by atoms with Crippen LogP contribution < -0.4 is 5.32 Å². The molecule has 22 heavy (non-hydrogen) atoms. The first-order chi connectivity index (χ1) is 10.8. The van der Waals surface area contributed by atoms with Crippen LogP contribution in [0.25, 0.3) is 0 Å². The van der Waals surface area contributed by atoms with E-state index in [1.165, 1.54) is 17.5 Å². The van der Waals surface area contributed by atoms with Gasteiger partial charge in [0.15, 0.2) is 0 Å². The summed E-state index contributed by atoms with van der Waals surface area (Å²) in [7, 11) is 1.98. The third kappa shape index (κ3) is 3.50. The molecule has 0 unspecified atom stereocenters. The van der Waals surface area contributed by atoms with Crippen LogP contribution in [-0.2, 0) is 16.0 Å². The molecule has 2 aliphatic heterocycles. The Kier molecular flexibility index (Phi) is 5.11. The zero-order valence-electron chi connectivity index (χ0n) is 13.4. The Morgan fingerprint density at radius 3 is 3.14 bits per heavy atom. The van der Waals surface area contributed by atoms with Crippen molar-refractivity contribution in [1.82, 2.24) is 10.2 Å². The van der Waals surface area contributed by atoms with Gasteiger partial charge in [-0.1, -0.05) is 24.3 Å². The Labute approximate surface area is 132 Å². The number of hydrogen-bond acceptors (Lipinski definition) is 3. The van der Waals surface area contributed by atoms with Crippen molar-refractivity contribution in [3.05, 3.63) is 35.4 Å². The summed E-state index contributed by atoms with van der Waals surface area (Å²) in [6.45, 7) is 3.49. The molecule has 1 amide bonds. The summed E-state index contributed by atoms with van der Waals surface area (Å²) in [6.07, 6.45) is 3.69. The van der Waals surface area contributed by atoms with Gasteiger partial charge in [-0.2, -0.15) is 0 Å². The second-order valence-corrected chi connectivity index (χ2v) is 6.42. The van der Waals surface area contributed by atoms with Gasteiger partial charge in [0.2, 0.25) is 5.91 Å². The number of ether oxygens (including phenoxy) is 1. The molecule has 120 valence electrons. The second-order valence-electron chi connectivity index (χ2n) is 6.42. The van der Waals surface area contributed by atoms with Gasteiger partial charge >= 0.3 is 0 Å². The molecule has 1 aromatic rings. The number of rotatable bonds is 4. The van der Waals surface area contributed by atoms with Gasteiger partial charge in [-0.3, -0.25) is 4.79 Å².